The molecule has 2 nitrogen and oxygen atoms in total. The molecule has 0 saturated carbocycles. The first-order valence-electron chi connectivity index (χ1n) is 7.30. The van der Waals surface area contributed by atoms with Crippen molar-refractivity contribution in [3.8, 4) is 0 Å². The quantitative estimate of drug-likeness (QED) is 0.743. The SMILES string of the molecule is CC1CC(C)CN(CCNCCC(C)(C)C)C1. The lowest BCUT2D eigenvalue weighted by Gasteiger charge is -2.35. The standard InChI is InChI=1S/C15H32N2/c1-13-10-14(2)12-17(11-13)9-8-16-7-6-15(3,4)5/h13-14,16H,6-12H2,1-5H3. The average Bonchev–Trinajstić information content (AvgIpc) is 2.13. The van der Waals surface area contributed by atoms with Gasteiger partial charge in [0.1, 0.15) is 0 Å². The predicted octanol–water partition coefficient (Wildman–Crippen LogP) is 2.99. The Hall–Kier alpha value is -0.0800. The molecule has 1 aliphatic heterocycles. The minimum atomic E-state index is 0.459. The fourth-order valence-corrected chi connectivity index (χ4v) is 2.80. The number of hydrogen-bond donors (Lipinski definition) is 1. The number of nitrogens with zero attached hydrogens (tertiary/aromatic N) is 1. The normalized spacial score (nSPS) is 27.4. The molecular weight excluding hydrogens is 208 g/mol. The molecule has 1 aliphatic rings. The van der Waals surface area contributed by atoms with Crippen molar-refractivity contribution in [1.29, 1.82) is 0 Å². The lowest BCUT2D eigenvalue weighted by atomic mass is 9.92. The zero-order valence-electron chi connectivity index (χ0n) is 12.6. The summed E-state index contributed by atoms with van der Waals surface area (Å²) >= 11 is 0. The third-order valence-electron chi connectivity index (χ3n) is 3.60. The van der Waals surface area contributed by atoms with E-state index in [2.05, 4.69) is 44.8 Å². The first-order valence-corrected chi connectivity index (χ1v) is 7.30. The summed E-state index contributed by atoms with van der Waals surface area (Å²) in [5, 5.41) is 3.58. The maximum Gasteiger partial charge on any atom is 0.0107 e. The Balaban J connectivity index is 2.06. The summed E-state index contributed by atoms with van der Waals surface area (Å²) in [5.41, 5.74) is 0.459. The summed E-state index contributed by atoms with van der Waals surface area (Å²) < 4.78 is 0. The summed E-state index contributed by atoms with van der Waals surface area (Å²) in [7, 11) is 0. The summed E-state index contributed by atoms with van der Waals surface area (Å²) in [4.78, 5) is 2.63. The summed E-state index contributed by atoms with van der Waals surface area (Å²) in [6.45, 7) is 17.8. The second kappa shape index (κ2) is 6.75. The van der Waals surface area contributed by atoms with Gasteiger partial charge < -0.3 is 10.2 Å². The fraction of sp³-hybridized carbons (Fsp3) is 1.00. The Labute approximate surface area is 108 Å². The van der Waals surface area contributed by atoms with E-state index in [-0.39, 0.29) is 0 Å². The van der Waals surface area contributed by atoms with E-state index in [1.807, 2.05) is 0 Å². The van der Waals surface area contributed by atoms with E-state index in [0.29, 0.717) is 5.41 Å². The second-order valence-corrected chi connectivity index (χ2v) is 7.27. The topological polar surface area (TPSA) is 15.3 Å². The largest absolute Gasteiger partial charge is 0.315 e. The Morgan fingerprint density at radius 3 is 2.18 bits per heavy atom. The van der Waals surface area contributed by atoms with E-state index in [1.54, 1.807) is 0 Å². The van der Waals surface area contributed by atoms with Gasteiger partial charge in [0.25, 0.3) is 0 Å². The van der Waals surface area contributed by atoms with Crippen LogP contribution in [-0.2, 0) is 0 Å². The molecule has 1 fully saturated rings. The van der Waals surface area contributed by atoms with Gasteiger partial charge in [0.05, 0.1) is 0 Å². The van der Waals surface area contributed by atoms with Gasteiger partial charge in [-0.3, -0.25) is 0 Å². The number of likely N-dealkylation sites (tertiary alicyclic amines) is 1. The fourth-order valence-electron chi connectivity index (χ4n) is 2.80. The Morgan fingerprint density at radius 2 is 1.65 bits per heavy atom. The molecule has 0 aromatic carbocycles. The predicted molar refractivity (Wildman–Crippen MR) is 76.3 cm³/mol. The number of rotatable bonds is 5. The molecule has 0 bridgehead atoms. The van der Waals surface area contributed by atoms with E-state index in [4.69, 9.17) is 0 Å². The highest BCUT2D eigenvalue weighted by Gasteiger charge is 2.20. The van der Waals surface area contributed by atoms with Crippen LogP contribution in [0.25, 0.3) is 0 Å². The molecule has 0 spiro atoms. The zero-order chi connectivity index (χ0) is 12.9. The van der Waals surface area contributed by atoms with Gasteiger partial charge in [-0.25, -0.2) is 0 Å². The highest BCUT2D eigenvalue weighted by molar-refractivity contribution is 4.75. The van der Waals surface area contributed by atoms with Crippen LogP contribution >= 0.6 is 0 Å². The van der Waals surface area contributed by atoms with Gasteiger partial charge in [-0.15, -0.1) is 0 Å². The maximum atomic E-state index is 3.58. The van der Waals surface area contributed by atoms with Gasteiger partial charge in [0.15, 0.2) is 0 Å². The summed E-state index contributed by atoms with van der Waals surface area (Å²) in [6, 6.07) is 0. The van der Waals surface area contributed by atoms with Crippen molar-refractivity contribution in [2.24, 2.45) is 17.3 Å². The zero-order valence-corrected chi connectivity index (χ0v) is 12.6. The lowest BCUT2D eigenvalue weighted by Crippen LogP contribution is -2.42. The van der Waals surface area contributed by atoms with Gasteiger partial charge in [0, 0.05) is 26.2 Å². The molecule has 0 aromatic rings. The van der Waals surface area contributed by atoms with E-state index in [1.165, 1.54) is 32.5 Å². The number of nitrogens with one attached hydrogen (secondary N) is 1. The molecule has 0 aromatic heterocycles. The molecule has 17 heavy (non-hydrogen) atoms. The van der Waals surface area contributed by atoms with Gasteiger partial charge in [-0.2, -0.15) is 0 Å². The van der Waals surface area contributed by atoms with Crippen LogP contribution in [-0.4, -0.2) is 37.6 Å². The van der Waals surface area contributed by atoms with Crippen LogP contribution < -0.4 is 5.32 Å². The van der Waals surface area contributed by atoms with Crippen LogP contribution in [0.5, 0.6) is 0 Å². The molecule has 2 atom stereocenters. The molecule has 2 heteroatoms. The molecule has 0 aliphatic carbocycles. The van der Waals surface area contributed by atoms with Crippen LogP contribution in [0.2, 0.25) is 0 Å². The molecule has 102 valence electrons. The van der Waals surface area contributed by atoms with E-state index in [0.717, 1.165) is 24.9 Å². The van der Waals surface area contributed by atoms with Crippen molar-refractivity contribution in [3.05, 3.63) is 0 Å². The first-order chi connectivity index (χ1) is 7.87. The van der Waals surface area contributed by atoms with E-state index in [9.17, 15) is 0 Å². The van der Waals surface area contributed by atoms with Gasteiger partial charge in [-0.05, 0) is 36.6 Å². The highest BCUT2D eigenvalue weighted by Crippen LogP contribution is 2.20. The second-order valence-electron chi connectivity index (χ2n) is 7.27. The highest BCUT2D eigenvalue weighted by atomic mass is 15.1. The van der Waals surface area contributed by atoms with Crippen molar-refractivity contribution in [1.82, 2.24) is 10.2 Å². The molecule has 1 N–H and O–H groups in total. The molecule has 1 rings (SSSR count). The van der Waals surface area contributed by atoms with Crippen LogP contribution in [0.1, 0.15) is 47.5 Å². The molecule has 0 amide bonds. The van der Waals surface area contributed by atoms with Crippen molar-refractivity contribution in [3.63, 3.8) is 0 Å². The minimum absolute atomic E-state index is 0.459. The smallest absolute Gasteiger partial charge is 0.0107 e. The van der Waals surface area contributed by atoms with Gasteiger partial charge in [-0.1, -0.05) is 34.6 Å². The monoisotopic (exact) mass is 240 g/mol. The number of hydrogen-bond acceptors (Lipinski definition) is 2. The molecule has 2 unspecified atom stereocenters. The van der Waals surface area contributed by atoms with E-state index >= 15 is 0 Å². The molecule has 1 heterocycles. The molecular formula is C15H32N2. The average molecular weight is 240 g/mol. The Morgan fingerprint density at radius 1 is 1.06 bits per heavy atom. The Kier molecular flexibility index (Phi) is 5.94. The Bertz CT molecular complexity index is 197. The molecule has 1 saturated heterocycles. The minimum Gasteiger partial charge on any atom is -0.315 e. The van der Waals surface area contributed by atoms with Crippen molar-refractivity contribution in [2.45, 2.75) is 47.5 Å². The van der Waals surface area contributed by atoms with Gasteiger partial charge in [0.2, 0.25) is 0 Å². The maximum absolute atomic E-state index is 3.58. The van der Waals surface area contributed by atoms with Crippen LogP contribution in [0.3, 0.4) is 0 Å². The van der Waals surface area contributed by atoms with Gasteiger partial charge >= 0.3 is 0 Å². The first kappa shape index (κ1) is 15.0. The van der Waals surface area contributed by atoms with E-state index < -0.39 is 0 Å². The van der Waals surface area contributed by atoms with Crippen molar-refractivity contribution in [2.75, 3.05) is 32.7 Å². The summed E-state index contributed by atoms with van der Waals surface area (Å²) in [5.74, 6) is 1.77. The third-order valence-corrected chi connectivity index (χ3v) is 3.60. The van der Waals surface area contributed by atoms with Crippen LogP contribution in [0, 0.1) is 17.3 Å². The van der Waals surface area contributed by atoms with Crippen molar-refractivity contribution >= 4 is 0 Å². The van der Waals surface area contributed by atoms with Crippen LogP contribution in [0.15, 0.2) is 0 Å². The van der Waals surface area contributed by atoms with Crippen molar-refractivity contribution < 1.29 is 0 Å². The third kappa shape index (κ3) is 7.05. The number of piperidine rings is 1. The molecule has 0 radical (unpaired) electrons. The lowest BCUT2D eigenvalue weighted by molar-refractivity contribution is 0.141. The summed E-state index contributed by atoms with van der Waals surface area (Å²) in [6.07, 6.45) is 2.67. The van der Waals surface area contributed by atoms with Crippen LogP contribution in [0.4, 0.5) is 0 Å².